The molecule has 6 nitrogen and oxygen atoms in total. The van der Waals surface area contributed by atoms with Crippen LogP contribution in [0.3, 0.4) is 0 Å². The SMILES string of the molecule is CC(C)C.CC=CC(C)(C)C(O)Nc1ccc(Cc2ccc(NC(=O)OCCO)cc2)cc1. The van der Waals surface area contributed by atoms with Crippen LogP contribution >= 0.6 is 0 Å². The van der Waals surface area contributed by atoms with Crippen molar-refractivity contribution < 1.29 is 19.7 Å². The quantitative estimate of drug-likeness (QED) is 0.282. The van der Waals surface area contributed by atoms with Crippen molar-refractivity contribution in [3.05, 3.63) is 71.8 Å². The fourth-order valence-corrected chi connectivity index (χ4v) is 2.82. The summed E-state index contributed by atoms with van der Waals surface area (Å²) in [6, 6.07) is 15.5. The smallest absolute Gasteiger partial charge is 0.411 e. The maximum absolute atomic E-state index is 11.5. The van der Waals surface area contributed by atoms with Gasteiger partial charge in [-0.25, -0.2) is 4.79 Å². The van der Waals surface area contributed by atoms with E-state index in [0.29, 0.717) is 5.69 Å². The van der Waals surface area contributed by atoms with Crippen LogP contribution in [0, 0.1) is 11.3 Å². The summed E-state index contributed by atoms with van der Waals surface area (Å²) in [6.45, 7) is 12.2. The van der Waals surface area contributed by atoms with Gasteiger partial charge in [0.15, 0.2) is 0 Å². The van der Waals surface area contributed by atoms with Gasteiger partial charge in [-0.05, 0) is 54.7 Å². The lowest BCUT2D eigenvalue weighted by Crippen LogP contribution is -2.34. The number of nitrogens with one attached hydrogen (secondary N) is 2. The van der Waals surface area contributed by atoms with Crippen LogP contribution in [0.2, 0.25) is 0 Å². The maximum atomic E-state index is 11.5. The Bertz CT molecular complexity index is 841. The summed E-state index contributed by atoms with van der Waals surface area (Å²) in [4.78, 5) is 11.5. The van der Waals surface area contributed by atoms with E-state index in [1.54, 1.807) is 0 Å². The van der Waals surface area contributed by atoms with E-state index in [9.17, 15) is 9.90 Å². The topological polar surface area (TPSA) is 90.8 Å². The molecule has 1 atom stereocenters. The van der Waals surface area contributed by atoms with Crippen molar-refractivity contribution in [3.8, 4) is 0 Å². The van der Waals surface area contributed by atoms with E-state index in [0.717, 1.165) is 29.2 Å². The molecule has 0 fully saturated rings. The molecule has 4 N–H and O–H groups in total. The Hall–Kier alpha value is -2.83. The lowest BCUT2D eigenvalue weighted by Gasteiger charge is -2.28. The standard InChI is InChI=1S/C23H30N2O4.C4H10/c1-4-13-23(2,3)21(27)24-19-9-5-17(6-10-19)16-18-7-11-20(12-8-18)25-22(28)29-15-14-26;1-4(2)3/h4-13,21,24,26-27H,14-16H2,1-3H3,(H,25,28);4H,1-3H3. The summed E-state index contributed by atoms with van der Waals surface area (Å²) in [5, 5.41) is 24.8. The normalized spacial score (nSPS) is 12.2. The number of hydrogen-bond donors (Lipinski definition) is 4. The fraction of sp³-hybridized carbons (Fsp3) is 0.444. The minimum absolute atomic E-state index is 0.0292. The third kappa shape index (κ3) is 11.6. The number of benzene rings is 2. The van der Waals surface area contributed by atoms with Gasteiger partial charge in [0, 0.05) is 16.8 Å². The molecule has 182 valence electrons. The summed E-state index contributed by atoms with van der Waals surface area (Å²) in [5.41, 5.74) is 3.37. The highest BCUT2D eigenvalue weighted by molar-refractivity contribution is 5.84. The zero-order valence-electron chi connectivity index (χ0n) is 20.8. The lowest BCUT2D eigenvalue weighted by atomic mass is 9.90. The van der Waals surface area contributed by atoms with Gasteiger partial charge in [-0.1, -0.05) is 71.0 Å². The summed E-state index contributed by atoms with van der Waals surface area (Å²) in [5.74, 6) is 0.833. The van der Waals surface area contributed by atoms with Gasteiger partial charge >= 0.3 is 6.09 Å². The molecule has 0 bridgehead atoms. The molecule has 0 saturated heterocycles. The second-order valence-electron chi connectivity index (χ2n) is 9.16. The van der Waals surface area contributed by atoms with Crippen LogP contribution in [0.4, 0.5) is 16.2 Å². The van der Waals surface area contributed by atoms with E-state index in [2.05, 4.69) is 31.4 Å². The Labute approximate surface area is 198 Å². The average molecular weight is 457 g/mol. The predicted octanol–water partition coefficient (Wildman–Crippen LogP) is 5.81. The number of carbonyl (C=O) groups excluding carboxylic acids is 1. The van der Waals surface area contributed by atoms with Crippen molar-refractivity contribution in [2.24, 2.45) is 11.3 Å². The van der Waals surface area contributed by atoms with Crippen molar-refractivity contribution in [3.63, 3.8) is 0 Å². The third-order valence-corrected chi connectivity index (χ3v) is 4.49. The molecule has 2 aromatic carbocycles. The van der Waals surface area contributed by atoms with E-state index in [4.69, 9.17) is 9.84 Å². The van der Waals surface area contributed by atoms with Crippen molar-refractivity contribution in [1.29, 1.82) is 0 Å². The first-order chi connectivity index (χ1) is 15.6. The molecule has 2 aromatic rings. The molecule has 1 amide bonds. The van der Waals surface area contributed by atoms with E-state index >= 15 is 0 Å². The highest BCUT2D eigenvalue weighted by Gasteiger charge is 2.24. The van der Waals surface area contributed by atoms with E-state index in [1.165, 1.54) is 0 Å². The number of hydrogen-bond acceptors (Lipinski definition) is 5. The summed E-state index contributed by atoms with van der Waals surface area (Å²) in [7, 11) is 0. The molecule has 0 aromatic heterocycles. The predicted molar refractivity (Wildman–Crippen MR) is 136 cm³/mol. The number of allylic oxidation sites excluding steroid dienone is 1. The Morgan fingerprint density at radius 3 is 1.94 bits per heavy atom. The first-order valence-electron chi connectivity index (χ1n) is 11.4. The molecule has 0 spiro atoms. The maximum Gasteiger partial charge on any atom is 0.411 e. The van der Waals surface area contributed by atoms with Crippen LogP contribution < -0.4 is 10.6 Å². The molecule has 0 heterocycles. The van der Waals surface area contributed by atoms with Gasteiger partial charge in [0.1, 0.15) is 12.8 Å². The monoisotopic (exact) mass is 456 g/mol. The van der Waals surface area contributed by atoms with Crippen molar-refractivity contribution in [2.45, 2.75) is 54.2 Å². The van der Waals surface area contributed by atoms with Crippen molar-refractivity contribution in [2.75, 3.05) is 23.8 Å². The van der Waals surface area contributed by atoms with Crippen molar-refractivity contribution >= 4 is 17.5 Å². The van der Waals surface area contributed by atoms with Crippen LogP contribution in [-0.4, -0.2) is 35.7 Å². The Morgan fingerprint density at radius 1 is 1.00 bits per heavy atom. The van der Waals surface area contributed by atoms with Gasteiger partial charge in [0.2, 0.25) is 0 Å². The third-order valence-electron chi connectivity index (χ3n) is 4.49. The second-order valence-corrected chi connectivity index (χ2v) is 9.16. The van der Waals surface area contributed by atoms with Gasteiger partial charge in [-0.2, -0.15) is 0 Å². The molecular weight excluding hydrogens is 416 g/mol. The number of aliphatic hydroxyl groups is 2. The second kappa shape index (κ2) is 14.3. The summed E-state index contributed by atoms with van der Waals surface area (Å²) < 4.78 is 4.77. The zero-order valence-corrected chi connectivity index (χ0v) is 20.8. The molecule has 6 heteroatoms. The molecule has 0 aliphatic carbocycles. The Morgan fingerprint density at radius 2 is 1.48 bits per heavy atom. The minimum Gasteiger partial charge on any atom is -0.447 e. The molecule has 0 saturated carbocycles. The van der Waals surface area contributed by atoms with Gasteiger partial charge in [-0.3, -0.25) is 5.32 Å². The lowest BCUT2D eigenvalue weighted by molar-refractivity contribution is 0.108. The molecular formula is C27H40N2O4. The molecule has 0 aliphatic heterocycles. The number of rotatable bonds is 9. The largest absolute Gasteiger partial charge is 0.447 e. The van der Waals surface area contributed by atoms with Crippen LogP contribution in [0.1, 0.15) is 52.7 Å². The molecule has 0 aliphatic rings. The Kier molecular flexibility index (Phi) is 12.3. The molecule has 0 radical (unpaired) electrons. The highest BCUT2D eigenvalue weighted by Crippen LogP contribution is 2.24. The van der Waals surface area contributed by atoms with Crippen LogP contribution in [-0.2, 0) is 11.2 Å². The van der Waals surface area contributed by atoms with Crippen LogP contribution in [0.15, 0.2) is 60.7 Å². The highest BCUT2D eigenvalue weighted by atomic mass is 16.6. The number of carbonyl (C=O) groups is 1. The minimum atomic E-state index is -0.686. The first-order valence-corrected chi connectivity index (χ1v) is 11.4. The van der Waals surface area contributed by atoms with Crippen molar-refractivity contribution in [1.82, 2.24) is 0 Å². The van der Waals surface area contributed by atoms with Crippen LogP contribution in [0.5, 0.6) is 0 Å². The van der Waals surface area contributed by atoms with Crippen LogP contribution in [0.25, 0.3) is 0 Å². The number of anilines is 2. The fourth-order valence-electron chi connectivity index (χ4n) is 2.82. The Balaban J connectivity index is 0.00000125. The van der Waals surface area contributed by atoms with E-state index in [-0.39, 0.29) is 18.6 Å². The van der Waals surface area contributed by atoms with E-state index < -0.39 is 12.3 Å². The van der Waals surface area contributed by atoms with Gasteiger partial charge < -0.3 is 20.3 Å². The number of amides is 1. The first kappa shape index (κ1) is 28.2. The summed E-state index contributed by atoms with van der Waals surface area (Å²) >= 11 is 0. The zero-order chi connectivity index (χ0) is 24.9. The molecule has 1 unspecified atom stereocenters. The average Bonchev–Trinajstić information content (AvgIpc) is 2.74. The van der Waals surface area contributed by atoms with Gasteiger partial charge in [-0.15, -0.1) is 0 Å². The van der Waals surface area contributed by atoms with Gasteiger partial charge in [0.05, 0.1) is 6.61 Å². The number of aliphatic hydroxyl groups excluding tert-OH is 2. The van der Waals surface area contributed by atoms with Gasteiger partial charge in [0.25, 0.3) is 0 Å². The number of ether oxygens (including phenoxy) is 1. The molecule has 33 heavy (non-hydrogen) atoms. The van der Waals surface area contributed by atoms with E-state index in [1.807, 2.05) is 81.5 Å². The summed E-state index contributed by atoms with van der Waals surface area (Å²) in [6.07, 6.45) is 3.39. The molecule has 2 rings (SSSR count).